The first-order valence-corrected chi connectivity index (χ1v) is 14.4. The molecule has 0 heterocycles. The van der Waals surface area contributed by atoms with Gasteiger partial charge in [0.05, 0.1) is 64.2 Å². The molecule has 0 aliphatic heterocycles. The minimum Gasteiger partial charge on any atom is -0.494 e. The number of benzene rings is 3. The Bertz CT molecular complexity index is 1140. The summed E-state index contributed by atoms with van der Waals surface area (Å²) < 4.78 is 32.6. The van der Waals surface area contributed by atoms with Crippen LogP contribution in [-0.4, -0.2) is 66.6 Å². The summed E-state index contributed by atoms with van der Waals surface area (Å²) in [5, 5.41) is 9.21. The lowest BCUT2D eigenvalue weighted by atomic mass is 9.95. The molecule has 3 rings (SSSR count). The molecule has 0 bridgehead atoms. The predicted octanol–water partition coefficient (Wildman–Crippen LogP) is 7.37. The monoisotopic (exact) mass is 564 g/mol. The third-order valence-corrected chi connectivity index (χ3v) is 6.30. The van der Waals surface area contributed by atoms with E-state index in [0.29, 0.717) is 59.5 Å². The second-order valence-electron chi connectivity index (χ2n) is 9.18. The highest BCUT2D eigenvalue weighted by Crippen LogP contribution is 2.34. The molecule has 0 aliphatic carbocycles. The van der Waals surface area contributed by atoms with Crippen molar-refractivity contribution in [1.82, 2.24) is 0 Å². The van der Waals surface area contributed by atoms with Gasteiger partial charge in [-0.25, -0.2) is 0 Å². The Kier molecular flexibility index (Phi) is 14.9. The van der Waals surface area contributed by atoms with Crippen LogP contribution in [0.15, 0.2) is 70.9 Å². The molecule has 0 aromatic heterocycles. The van der Waals surface area contributed by atoms with Crippen LogP contribution in [0, 0.1) is 0 Å². The molecule has 0 amide bonds. The largest absolute Gasteiger partial charge is 0.494 e. The van der Waals surface area contributed by atoms with E-state index < -0.39 is 0 Å². The van der Waals surface area contributed by atoms with Gasteiger partial charge in [0.1, 0.15) is 18.1 Å². The Morgan fingerprint density at radius 2 is 1.05 bits per heavy atom. The maximum absolute atomic E-state index is 5.78. The maximum Gasteiger partial charge on any atom is 0.119 e. The highest BCUT2D eigenvalue weighted by molar-refractivity contribution is 5.71. The van der Waals surface area contributed by atoms with Gasteiger partial charge in [0, 0.05) is 7.11 Å². The number of hydrogen-bond donors (Lipinski definition) is 0. The molecule has 0 saturated carbocycles. The van der Waals surface area contributed by atoms with Crippen LogP contribution in [0.25, 0.3) is 11.1 Å². The Morgan fingerprint density at radius 1 is 0.537 bits per heavy atom. The van der Waals surface area contributed by atoms with Crippen molar-refractivity contribution in [2.45, 2.75) is 33.6 Å². The summed E-state index contributed by atoms with van der Waals surface area (Å²) in [7, 11) is 1.65. The Labute approximate surface area is 244 Å². The van der Waals surface area contributed by atoms with E-state index in [9.17, 15) is 0 Å². The molecular weight excluding hydrogens is 520 g/mol. The molecule has 0 atom stereocenters. The third-order valence-electron chi connectivity index (χ3n) is 6.30. The minimum absolute atomic E-state index is 0.460. The fourth-order valence-corrected chi connectivity index (χ4v) is 4.12. The summed E-state index contributed by atoms with van der Waals surface area (Å²) in [4.78, 5) is 0. The Hall–Kier alpha value is -3.30. The van der Waals surface area contributed by atoms with Crippen LogP contribution in [-0.2, 0) is 31.8 Å². The fraction of sp³-hybridized carbons (Fsp3) is 0.455. The van der Waals surface area contributed by atoms with Crippen LogP contribution in [0.1, 0.15) is 31.9 Å². The molecule has 222 valence electrons. The third kappa shape index (κ3) is 11.2. The zero-order valence-electron chi connectivity index (χ0n) is 24.9. The van der Waals surface area contributed by atoms with Crippen LogP contribution >= 0.6 is 0 Å². The number of methoxy groups -OCH3 is 1. The first-order valence-electron chi connectivity index (χ1n) is 14.4. The Balaban J connectivity index is 1.47. The average molecular weight is 565 g/mol. The maximum atomic E-state index is 5.78. The van der Waals surface area contributed by atoms with Crippen molar-refractivity contribution < 1.29 is 28.4 Å². The van der Waals surface area contributed by atoms with Gasteiger partial charge in [0.2, 0.25) is 0 Å². The highest BCUT2D eigenvalue weighted by Gasteiger charge is 2.11. The van der Waals surface area contributed by atoms with Gasteiger partial charge in [-0.15, -0.1) is 5.11 Å². The van der Waals surface area contributed by atoms with Crippen molar-refractivity contribution >= 4 is 11.4 Å². The molecular formula is C33H44N2O6. The summed E-state index contributed by atoms with van der Waals surface area (Å²) in [6.45, 7) is 11.2. The number of ether oxygens (including phenoxy) is 6. The molecule has 0 fully saturated rings. The van der Waals surface area contributed by atoms with Gasteiger partial charge in [-0.05, 0) is 90.6 Å². The summed E-state index contributed by atoms with van der Waals surface area (Å²) in [6.07, 6.45) is 1.74. The second-order valence-corrected chi connectivity index (χ2v) is 9.18. The summed E-state index contributed by atoms with van der Waals surface area (Å²) in [5.74, 6) is 1.65. The molecule has 0 N–H and O–H groups in total. The van der Waals surface area contributed by atoms with E-state index in [4.69, 9.17) is 28.4 Å². The number of rotatable bonds is 20. The normalized spacial score (nSPS) is 11.3. The van der Waals surface area contributed by atoms with Crippen LogP contribution in [0.3, 0.4) is 0 Å². The van der Waals surface area contributed by atoms with Crippen molar-refractivity contribution in [3.63, 3.8) is 0 Å². The lowest BCUT2D eigenvalue weighted by Gasteiger charge is -2.13. The van der Waals surface area contributed by atoms with Crippen molar-refractivity contribution in [3.8, 4) is 22.6 Å². The minimum atomic E-state index is 0.460. The molecule has 0 saturated heterocycles. The standard InChI is InChI=1S/C33H44N2O6/c1-5-26-24-29(28-8-12-31(13-9-28)40-7-3)25-27(6-2)33(26)35-34-30-10-14-32(15-11-30)41-23-22-39-21-20-38-19-18-37-17-16-36-4/h8-15,24-25H,5-7,16-23H2,1-4H3. The van der Waals surface area contributed by atoms with Crippen molar-refractivity contribution in [3.05, 3.63) is 71.8 Å². The van der Waals surface area contributed by atoms with Crippen molar-refractivity contribution in [2.24, 2.45) is 10.2 Å². The van der Waals surface area contributed by atoms with Crippen LogP contribution in [0.5, 0.6) is 11.5 Å². The summed E-state index contributed by atoms with van der Waals surface area (Å²) in [5.41, 5.74) is 6.43. The molecule has 8 nitrogen and oxygen atoms in total. The van der Waals surface area contributed by atoms with Gasteiger partial charge in [-0.3, -0.25) is 0 Å². The second kappa shape index (κ2) is 18.9. The average Bonchev–Trinajstić information content (AvgIpc) is 3.01. The lowest BCUT2D eigenvalue weighted by molar-refractivity contribution is 0.000164. The molecule has 8 heteroatoms. The number of hydrogen-bond acceptors (Lipinski definition) is 8. The molecule has 3 aromatic carbocycles. The van der Waals surface area contributed by atoms with E-state index in [1.54, 1.807) is 7.11 Å². The first kappa shape index (κ1) is 32.2. The fourth-order valence-electron chi connectivity index (χ4n) is 4.12. The van der Waals surface area contributed by atoms with E-state index >= 15 is 0 Å². The van der Waals surface area contributed by atoms with E-state index in [2.05, 4.69) is 48.3 Å². The van der Waals surface area contributed by atoms with Gasteiger partial charge in [-0.2, -0.15) is 5.11 Å². The quantitative estimate of drug-likeness (QED) is 0.105. The van der Waals surface area contributed by atoms with Gasteiger partial charge in [-0.1, -0.05) is 26.0 Å². The van der Waals surface area contributed by atoms with Crippen LogP contribution in [0.2, 0.25) is 0 Å². The molecule has 3 aromatic rings. The highest BCUT2D eigenvalue weighted by atomic mass is 16.6. The summed E-state index contributed by atoms with van der Waals surface area (Å²) >= 11 is 0. The topological polar surface area (TPSA) is 80.1 Å². The van der Waals surface area contributed by atoms with Gasteiger partial charge in [0.25, 0.3) is 0 Å². The van der Waals surface area contributed by atoms with Gasteiger partial charge < -0.3 is 28.4 Å². The lowest BCUT2D eigenvalue weighted by Crippen LogP contribution is -2.13. The van der Waals surface area contributed by atoms with Gasteiger partial charge >= 0.3 is 0 Å². The predicted molar refractivity (Wildman–Crippen MR) is 162 cm³/mol. The number of nitrogens with zero attached hydrogens (tertiary/aromatic N) is 2. The zero-order chi connectivity index (χ0) is 29.1. The molecule has 0 radical (unpaired) electrons. The van der Waals surface area contributed by atoms with Gasteiger partial charge in [0.15, 0.2) is 0 Å². The number of azo groups is 1. The number of aryl methyl sites for hydroxylation is 2. The Morgan fingerprint density at radius 3 is 1.59 bits per heavy atom. The van der Waals surface area contributed by atoms with Crippen LogP contribution < -0.4 is 9.47 Å². The van der Waals surface area contributed by atoms with E-state index in [0.717, 1.165) is 41.3 Å². The van der Waals surface area contributed by atoms with Crippen LogP contribution in [0.4, 0.5) is 11.4 Å². The van der Waals surface area contributed by atoms with Crippen molar-refractivity contribution in [1.29, 1.82) is 0 Å². The smallest absolute Gasteiger partial charge is 0.119 e. The molecule has 0 aliphatic rings. The molecule has 0 spiro atoms. The van der Waals surface area contributed by atoms with E-state index in [1.165, 1.54) is 16.7 Å². The zero-order valence-corrected chi connectivity index (χ0v) is 24.9. The SMILES string of the molecule is CCOc1ccc(-c2cc(CC)c(N=Nc3ccc(OCCOCCOCCOCCOC)cc3)c(CC)c2)cc1. The summed E-state index contributed by atoms with van der Waals surface area (Å²) in [6, 6.07) is 20.3. The molecule has 41 heavy (non-hydrogen) atoms. The first-order chi connectivity index (χ1) is 20.2. The van der Waals surface area contributed by atoms with Crippen molar-refractivity contribution in [2.75, 3.05) is 66.6 Å². The van der Waals surface area contributed by atoms with E-state index in [1.807, 2.05) is 43.3 Å². The molecule has 0 unspecified atom stereocenters. The van der Waals surface area contributed by atoms with E-state index in [-0.39, 0.29) is 0 Å².